The third-order valence-corrected chi connectivity index (χ3v) is 2.53. The highest BCUT2D eigenvalue weighted by Gasteiger charge is 2.02. The Kier molecular flexibility index (Phi) is 10.7. The van der Waals surface area contributed by atoms with Crippen LogP contribution in [0.15, 0.2) is 0 Å². The molecule has 0 aliphatic rings. The van der Waals surface area contributed by atoms with Crippen LogP contribution in [0, 0.1) is 0 Å². The first-order chi connectivity index (χ1) is 8.16. The lowest BCUT2D eigenvalue weighted by atomic mass is 10.1. The van der Waals surface area contributed by atoms with Gasteiger partial charge in [-0.25, -0.2) is 0 Å². The first-order valence-electron chi connectivity index (χ1n) is 6.54. The van der Waals surface area contributed by atoms with Crippen LogP contribution in [-0.4, -0.2) is 23.7 Å². The number of ether oxygens (including phenoxy) is 1. The second-order valence-corrected chi connectivity index (χ2v) is 4.24. The Morgan fingerprint density at radius 2 is 1.53 bits per heavy atom. The first kappa shape index (κ1) is 15.9. The van der Waals surface area contributed by atoms with Gasteiger partial charge in [0, 0.05) is 12.8 Å². The molecule has 0 bridgehead atoms. The number of esters is 1. The third kappa shape index (κ3) is 12.9. The van der Waals surface area contributed by atoms with E-state index in [0.717, 1.165) is 44.9 Å². The monoisotopic (exact) mass is 244 g/mol. The lowest BCUT2D eigenvalue weighted by molar-refractivity contribution is -0.144. The van der Waals surface area contributed by atoms with Crippen molar-refractivity contribution in [3.8, 4) is 0 Å². The maximum absolute atomic E-state index is 11.2. The molecule has 100 valence electrons. The molecular weight excluding hydrogens is 220 g/mol. The number of carbonyl (C=O) groups is 2. The molecule has 0 heterocycles. The number of aliphatic carboxylic acids is 1. The molecule has 4 nitrogen and oxygen atoms in total. The Balaban J connectivity index is 3.16. The van der Waals surface area contributed by atoms with Gasteiger partial charge >= 0.3 is 11.9 Å². The minimum Gasteiger partial charge on any atom is -0.481 e. The molecule has 0 spiro atoms. The Bertz CT molecular complexity index is 213. The summed E-state index contributed by atoms with van der Waals surface area (Å²) in [4.78, 5) is 21.4. The van der Waals surface area contributed by atoms with Crippen molar-refractivity contribution < 1.29 is 19.4 Å². The van der Waals surface area contributed by atoms with E-state index in [1.807, 2.05) is 0 Å². The summed E-state index contributed by atoms with van der Waals surface area (Å²) < 4.78 is 5.02. The van der Waals surface area contributed by atoms with Crippen molar-refractivity contribution in [3.05, 3.63) is 0 Å². The largest absolute Gasteiger partial charge is 0.481 e. The van der Waals surface area contributed by atoms with Crippen LogP contribution in [0.1, 0.15) is 64.7 Å². The Morgan fingerprint density at radius 1 is 0.941 bits per heavy atom. The highest BCUT2D eigenvalue weighted by atomic mass is 16.5. The zero-order chi connectivity index (χ0) is 12.9. The number of carboxylic acid groups (broad SMARTS) is 1. The second kappa shape index (κ2) is 11.4. The Labute approximate surface area is 103 Å². The van der Waals surface area contributed by atoms with E-state index >= 15 is 0 Å². The molecule has 17 heavy (non-hydrogen) atoms. The molecule has 0 aliphatic heterocycles. The molecule has 0 atom stereocenters. The fourth-order valence-electron chi connectivity index (χ4n) is 1.48. The van der Waals surface area contributed by atoms with E-state index in [4.69, 9.17) is 9.84 Å². The summed E-state index contributed by atoms with van der Waals surface area (Å²) in [6.45, 7) is 2.60. The molecule has 0 rings (SSSR count). The molecule has 0 amide bonds. The van der Waals surface area contributed by atoms with Crippen LogP contribution >= 0.6 is 0 Å². The van der Waals surface area contributed by atoms with E-state index in [2.05, 4.69) is 6.92 Å². The highest BCUT2D eigenvalue weighted by molar-refractivity contribution is 5.69. The lowest BCUT2D eigenvalue weighted by Gasteiger charge is -2.03. The highest BCUT2D eigenvalue weighted by Crippen LogP contribution is 2.07. The summed E-state index contributed by atoms with van der Waals surface area (Å²) >= 11 is 0. The number of carbonyl (C=O) groups excluding carboxylic acids is 1. The molecule has 0 fully saturated rings. The third-order valence-electron chi connectivity index (χ3n) is 2.53. The van der Waals surface area contributed by atoms with Gasteiger partial charge in [0.05, 0.1) is 6.61 Å². The number of hydrogen-bond donors (Lipinski definition) is 1. The van der Waals surface area contributed by atoms with Gasteiger partial charge in [0.1, 0.15) is 0 Å². The van der Waals surface area contributed by atoms with Crippen molar-refractivity contribution in [2.24, 2.45) is 0 Å². The van der Waals surface area contributed by atoms with Gasteiger partial charge in [0.15, 0.2) is 0 Å². The molecule has 0 saturated carbocycles. The number of unbranched alkanes of at least 4 members (excludes halogenated alkanes) is 5. The molecule has 4 heteroatoms. The predicted octanol–water partition coefficient (Wildman–Crippen LogP) is 3.15. The predicted molar refractivity (Wildman–Crippen MR) is 65.8 cm³/mol. The summed E-state index contributed by atoms with van der Waals surface area (Å²) in [6, 6.07) is 0. The van der Waals surface area contributed by atoms with E-state index in [9.17, 15) is 9.59 Å². The van der Waals surface area contributed by atoms with Crippen LogP contribution in [0.3, 0.4) is 0 Å². The summed E-state index contributed by atoms with van der Waals surface area (Å²) in [6.07, 6.45) is 7.18. The van der Waals surface area contributed by atoms with Crippen molar-refractivity contribution in [1.82, 2.24) is 0 Å². The van der Waals surface area contributed by atoms with Gasteiger partial charge in [-0.05, 0) is 19.3 Å². The molecule has 0 unspecified atom stereocenters. The lowest BCUT2D eigenvalue weighted by Crippen LogP contribution is -2.05. The smallest absolute Gasteiger partial charge is 0.305 e. The Hall–Kier alpha value is -1.06. The van der Waals surface area contributed by atoms with Crippen LogP contribution in [-0.2, 0) is 14.3 Å². The zero-order valence-corrected chi connectivity index (χ0v) is 10.7. The molecule has 0 saturated heterocycles. The summed E-state index contributed by atoms with van der Waals surface area (Å²) in [7, 11) is 0. The minimum absolute atomic E-state index is 0.107. The summed E-state index contributed by atoms with van der Waals surface area (Å²) in [5, 5.41) is 8.43. The molecule has 0 aromatic carbocycles. The van der Waals surface area contributed by atoms with Crippen molar-refractivity contribution in [2.45, 2.75) is 64.7 Å². The van der Waals surface area contributed by atoms with Gasteiger partial charge in [-0.15, -0.1) is 0 Å². The average molecular weight is 244 g/mol. The van der Waals surface area contributed by atoms with Gasteiger partial charge in [-0.1, -0.05) is 32.6 Å². The van der Waals surface area contributed by atoms with E-state index in [1.165, 1.54) is 0 Å². The van der Waals surface area contributed by atoms with Crippen LogP contribution in [0.2, 0.25) is 0 Å². The normalized spacial score (nSPS) is 10.2. The fourth-order valence-corrected chi connectivity index (χ4v) is 1.48. The maximum Gasteiger partial charge on any atom is 0.305 e. The molecule has 0 aromatic rings. The summed E-state index contributed by atoms with van der Waals surface area (Å²) in [5.74, 6) is -0.839. The van der Waals surface area contributed by atoms with Crippen molar-refractivity contribution in [3.63, 3.8) is 0 Å². The van der Waals surface area contributed by atoms with E-state index in [-0.39, 0.29) is 12.4 Å². The number of carboxylic acids is 1. The molecule has 0 radical (unpaired) electrons. The quantitative estimate of drug-likeness (QED) is 0.448. The van der Waals surface area contributed by atoms with Gasteiger partial charge in [0.25, 0.3) is 0 Å². The van der Waals surface area contributed by atoms with Crippen LogP contribution < -0.4 is 0 Å². The zero-order valence-electron chi connectivity index (χ0n) is 10.7. The maximum atomic E-state index is 11.2. The molecule has 0 aliphatic carbocycles. The second-order valence-electron chi connectivity index (χ2n) is 4.24. The van der Waals surface area contributed by atoms with E-state index < -0.39 is 5.97 Å². The van der Waals surface area contributed by atoms with Gasteiger partial charge in [-0.2, -0.15) is 0 Å². The van der Waals surface area contributed by atoms with Crippen LogP contribution in [0.4, 0.5) is 0 Å². The van der Waals surface area contributed by atoms with Gasteiger partial charge in [0.2, 0.25) is 0 Å². The van der Waals surface area contributed by atoms with Gasteiger partial charge < -0.3 is 9.84 Å². The molecule has 1 N–H and O–H groups in total. The molecule has 0 aromatic heterocycles. The number of rotatable bonds is 11. The first-order valence-corrected chi connectivity index (χ1v) is 6.54. The minimum atomic E-state index is -0.732. The SMILES string of the molecule is CCCCOC(=O)CCCCCCCC(=O)O. The standard InChI is InChI=1S/C13H24O4/c1-2-3-11-17-13(16)10-8-6-4-5-7-9-12(14)15/h2-11H2,1H3,(H,14,15). The van der Waals surface area contributed by atoms with E-state index in [0.29, 0.717) is 13.0 Å². The fraction of sp³-hybridized carbons (Fsp3) is 0.846. The Morgan fingerprint density at radius 3 is 2.12 bits per heavy atom. The van der Waals surface area contributed by atoms with E-state index in [1.54, 1.807) is 0 Å². The average Bonchev–Trinajstić information content (AvgIpc) is 2.28. The van der Waals surface area contributed by atoms with Crippen LogP contribution in [0.25, 0.3) is 0 Å². The molecular formula is C13H24O4. The van der Waals surface area contributed by atoms with Crippen molar-refractivity contribution in [2.75, 3.05) is 6.61 Å². The van der Waals surface area contributed by atoms with Crippen molar-refractivity contribution >= 4 is 11.9 Å². The van der Waals surface area contributed by atoms with Crippen molar-refractivity contribution in [1.29, 1.82) is 0 Å². The number of hydrogen-bond acceptors (Lipinski definition) is 3. The summed E-state index contributed by atoms with van der Waals surface area (Å²) in [5.41, 5.74) is 0. The van der Waals surface area contributed by atoms with Crippen LogP contribution in [0.5, 0.6) is 0 Å². The van der Waals surface area contributed by atoms with Gasteiger partial charge in [-0.3, -0.25) is 9.59 Å². The topological polar surface area (TPSA) is 63.6 Å².